The molecule has 0 bridgehead atoms. The van der Waals surface area contributed by atoms with Crippen molar-refractivity contribution in [1.29, 1.82) is 0 Å². The van der Waals surface area contributed by atoms with Crippen molar-refractivity contribution in [3.63, 3.8) is 0 Å². The number of anilines is 1. The van der Waals surface area contributed by atoms with Crippen molar-refractivity contribution >= 4 is 5.69 Å². The quantitative estimate of drug-likeness (QED) is 0.844. The third-order valence-corrected chi connectivity index (χ3v) is 3.04. The van der Waals surface area contributed by atoms with Gasteiger partial charge in [-0.1, -0.05) is 6.07 Å². The van der Waals surface area contributed by atoms with Crippen LogP contribution in [0.4, 0.5) is 23.2 Å². The summed E-state index contributed by atoms with van der Waals surface area (Å²) >= 11 is 0. The Bertz CT molecular complexity index is 637. The maximum Gasteiger partial charge on any atom is 0.165 e. The van der Waals surface area contributed by atoms with Crippen LogP contribution in [-0.2, 0) is 0 Å². The molecule has 0 aliphatic heterocycles. The topological polar surface area (TPSA) is 21.3 Å². The van der Waals surface area contributed by atoms with Gasteiger partial charge in [-0.15, -0.1) is 0 Å². The summed E-state index contributed by atoms with van der Waals surface area (Å²) in [6, 6.07) is 4.76. The molecular formula is C15H13F4NO. The van der Waals surface area contributed by atoms with Gasteiger partial charge in [0.05, 0.1) is 7.11 Å². The van der Waals surface area contributed by atoms with Gasteiger partial charge >= 0.3 is 0 Å². The molecule has 0 radical (unpaired) electrons. The SMILES string of the molecule is COc1ccc(C(C)Nc2c(F)cc(F)cc2F)cc1F. The summed E-state index contributed by atoms with van der Waals surface area (Å²) in [6.07, 6.45) is 0. The van der Waals surface area contributed by atoms with Crippen LogP contribution in [0.25, 0.3) is 0 Å². The predicted molar refractivity (Wildman–Crippen MR) is 71.3 cm³/mol. The highest BCUT2D eigenvalue weighted by atomic mass is 19.1. The van der Waals surface area contributed by atoms with E-state index >= 15 is 0 Å². The summed E-state index contributed by atoms with van der Waals surface area (Å²) in [7, 11) is 1.34. The smallest absolute Gasteiger partial charge is 0.165 e. The number of benzene rings is 2. The molecular weight excluding hydrogens is 286 g/mol. The fourth-order valence-electron chi connectivity index (χ4n) is 1.93. The van der Waals surface area contributed by atoms with Gasteiger partial charge < -0.3 is 10.1 Å². The monoisotopic (exact) mass is 299 g/mol. The van der Waals surface area contributed by atoms with Crippen molar-refractivity contribution in [3.8, 4) is 5.75 Å². The Morgan fingerprint density at radius 3 is 2.10 bits per heavy atom. The molecule has 2 nitrogen and oxygen atoms in total. The highest BCUT2D eigenvalue weighted by molar-refractivity contribution is 5.48. The zero-order valence-electron chi connectivity index (χ0n) is 11.4. The number of ether oxygens (including phenoxy) is 1. The molecule has 0 aliphatic carbocycles. The Morgan fingerprint density at radius 2 is 1.57 bits per heavy atom. The molecule has 2 aromatic rings. The Balaban J connectivity index is 2.26. The summed E-state index contributed by atoms with van der Waals surface area (Å²) < 4.78 is 58.3. The van der Waals surface area contributed by atoms with E-state index in [0.717, 1.165) is 0 Å². The summed E-state index contributed by atoms with van der Waals surface area (Å²) in [5.74, 6) is -3.60. The highest BCUT2D eigenvalue weighted by Gasteiger charge is 2.16. The van der Waals surface area contributed by atoms with E-state index in [9.17, 15) is 17.6 Å². The lowest BCUT2D eigenvalue weighted by atomic mass is 10.1. The molecule has 0 aliphatic rings. The minimum Gasteiger partial charge on any atom is -0.494 e. The number of nitrogens with one attached hydrogen (secondary N) is 1. The van der Waals surface area contributed by atoms with Crippen LogP contribution in [0.2, 0.25) is 0 Å². The number of hydrogen-bond acceptors (Lipinski definition) is 2. The molecule has 6 heteroatoms. The van der Waals surface area contributed by atoms with E-state index in [1.54, 1.807) is 13.0 Å². The molecule has 0 aromatic heterocycles. The zero-order chi connectivity index (χ0) is 15.6. The second-order valence-corrected chi connectivity index (χ2v) is 4.50. The molecule has 0 spiro atoms. The average molecular weight is 299 g/mol. The van der Waals surface area contributed by atoms with Crippen molar-refractivity contribution in [2.45, 2.75) is 13.0 Å². The fraction of sp³-hybridized carbons (Fsp3) is 0.200. The van der Waals surface area contributed by atoms with Crippen molar-refractivity contribution in [3.05, 3.63) is 59.2 Å². The van der Waals surface area contributed by atoms with Crippen LogP contribution < -0.4 is 10.1 Å². The standard InChI is InChI=1S/C15H13F4NO/c1-8(9-3-4-14(21-2)11(17)5-9)20-15-12(18)6-10(16)7-13(15)19/h3-8,20H,1-2H3. The Kier molecular flexibility index (Phi) is 4.35. The molecule has 2 rings (SSSR count). The van der Waals surface area contributed by atoms with Gasteiger partial charge in [0.15, 0.2) is 23.2 Å². The van der Waals surface area contributed by atoms with Crippen LogP contribution in [0.3, 0.4) is 0 Å². The van der Waals surface area contributed by atoms with E-state index in [2.05, 4.69) is 5.32 Å². The lowest BCUT2D eigenvalue weighted by Gasteiger charge is -2.17. The van der Waals surface area contributed by atoms with Crippen molar-refractivity contribution in [2.75, 3.05) is 12.4 Å². The molecule has 2 aromatic carbocycles. The third-order valence-electron chi connectivity index (χ3n) is 3.04. The first-order valence-electron chi connectivity index (χ1n) is 6.17. The van der Waals surface area contributed by atoms with Crippen molar-refractivity contribution in [2.24, 2.45) is 0 Å². The maximum absolute atomic E-state index is 13.6. The molecule has 0 saturated carbocycles. The Hall–Kier alpha value is -2.24. The number of methoxy groups -OCH3 is 1. The van der Waals surface area contributed by atoms with Crippen LogP contribution in [0.1, 0.15) is 18.5 Å². The number of halogens is 4. The van der Waals surface area contributed by atoms with Crippen LogP contribution in [-0.4, -0.2) is 7.11 Å². The molecule has 0 heterocycles. The maximum atomic E-state index is 13.6. The summed E-state index contributed by atoms with van der Waals surface area (Å²) in [5, 5.41) is 2.56. The second-order valence-electron chi connectivity index (χ2n) is 4.50. The largest absolute Gasteiger partial charge is 0.494 e. The average Bonchev–Trinajstić information content (AvgIpc) is 2.42. The third kappa shape index (κ3) is 3.26. The van der Waals surface area contributed by atoms with Crippen LogP contribution in [0, 0.1) is 23.3 Å². The predicted octanol–water partition coefficient (Wildman–Crippen LogP) is 4.42. The van der Waals surface area contributed by atoms with E-state index < -0.39 is 35.0 Å². The molecule has 1 unspecified atom stereocenters. The van der Waals surface area contributed by atoms with Gasteiger partial charge in [-0.3, -0.25) is 0 Å². The fourth-order valence-corrected chi connectivity index (χ4v) is 1.93. The van der Waals surface area contributed by atoms with E-state index in [4.69, 9.17) is 4.74 Å². The van der Waals surface area contributed by atoms with Gasteiger partial charge in [0, 0.05) is 18.2 Å². The van der Waals surface area contributed by atoms with E-state index in [0.29, 0.717) is 17.7 Å². The molecule has 0 saturated heterocycles. The lowest BCUT2D eigenvalue weighted by Crippen LogP contribution is -2.10. The highest BCUT2D eigenvalue weighted by Crippen LogP contribution is 2.27. The van der Waals surface area contributed by atoms with Crippen molar-refractivity contribution in [1.82, 2.24) is 0 Å². The summed E-state index contributed by atoms with van der Waals surface area (Å²) in [4.78, 5) is 0. The minimum absolute atomic E-state index is 0.0742. The van der Waals surface area contributed by atoms with Crippen LogP contribution in [0.15, 0.2) is 30.3 Å². The first-order valence-corrected chi connectivity index (χ1v) is 6.17. The van der Waals surface area contributed by atoms with Gasteiger partial charge in [0.25, 0.3) is 0 Å². The first-order chi connectivity index (χ1) is 9.92. The summed E-state index contributed by atoms with van der Waals surface area (Å²) in [6.45, 7) is 1.60. The molecule has 1 atom stereocenters. The lowest BCUT2D eigenvalue weighted by molar-refractivity contribution is 0.386. The minimum atomic E-state index is -1.05. The van der Waals surface area contributed by atoms with Gasteiger partial charge in [-0.2, -0.15) is 0 Å². The van der Waals surface area contributed by atoms with Crippen molar-refractivity contribution < 1.29 is 22.3 Å². The van der Waals surface area contributed by atoms with E-state index in [1.807, 2.05) is 0 Å². The molecule has 112 valence electrons. The van der Waals surface area contributed by atoms with Crippen LogP contribution in [0.5, 0.6) is 5.75 Å². The molecule has 1 N–H and O–H groups in total. The zero-order valence-corrected chi connectivity index (χ0v) is 11.4. The Morgan fingerprint density at radius 1 is 0.952 bits per heavy atom. The van der Waals surface area contributed by atoms with Gasteiger partial charge in [-0.05, 0) is 24.6 Å². The first kappa shape index (κ1) is 15.2. The van der Waals surface area contributed by atoms with Gasteiger partial charge in [-0.25, -0.2) is 17.6 Å². The number of hydrogen-bond donors (Lipinski definition) is 1. The molecule has 0 fully saturated rings. The second kappa shape index (κ2) is 6.03. The molecule has 21 heavy (non-hydrogen) atoms. The van der Waals surface area contributed by atoms with E-state index in [-0.39, 0.29) is 5.75 Å². The van der Waals surface area contributed by atoms with Gasteiger partial charge in [0.2, 0.25) is 0 Å². The number of rotatable bonds is 4. The molecule has 0 amide bonds. The van der Waals surface area contributed by atoms with Gasteiger partial charge in [0.1, 0.15) is 11.5 Å². The van der Waals surface area contributed by atoms with Crippen LogP contribution >= 0.6 is 0 Å². The Labute approximate surface area is 119 Å². The summed E-state index contributed by atoms with van der Waals surface area (Å²) in [5.41, 5.74) is 0.0107. The van der Waals surface area contributed by atoms with E-state index in [1.165, 1.54) is 19.2 Å². The normalized spacial score (nSPS) is 12.1.